The van der Waals surface area contributed by atoms with E-state index in [-0.39, 0.29) is 17.8 Å². The van der Waals surface area contributed by atoms with Crippen LogP contribution in [-0.2, 0) is 0 Å². The highest BCUT2D eigenvalue weighted by Gasteiger charge is 2.27. The van der Waals surface area contributed by atoms with E-state index in [1.807, 2.05) is 11.8 Å². The van der Waals surface area contributed by atoms with Gasteiger partial charge in [0.05, 0.1) is 6.04 Å². The van der Waals surface area contributed by atoms with Crippen molar-refractivity contribution in [3.8, 4) is 0 Å². The quantitative estimate of drug-likeness (QED) is 0.850. The van der Waals surface area contributed by atoms with Gasteiger partial charge in [-0.25, -0.2) is 0 Å². The standard InChI is InChI=1S/C11H16N4O2S/c16-11(15-4-6-18-7-5-15)9-13-10(17-14-9)8-2-1-3-12-8/h8,12H,1-7H2. The molecule has 3 rings (SSSR count). The number of hydrogen-bond acceptors (Lipinski definition) is 6. The molecule has 0 radical (unpaired) electrons. The first-order valence-electron chi connectivity index (χ1n) is 6.28. The molecule has 1 aromatic heterocycles. The first-order valence-corrected chi connectivity index (χ1v) is 7.44. The van der Waals surface area contributed by atoms with E-state index in [0.29, 0.717) is 5.89 Å². The van der Waals surface area contributed by atoms with Crippen molar-refractivity contribution >= 4 is 17.7 Å². The minimum atomic E-state index is -0.108. The lowest BCUT2D eigenvalue weighted by Gasteiger charge is -2.24. The number of carbonyl (C=O) groups is 1. The third kappa shape index (κ3) is 2.37. The summed E-state index contributed by atoms with van der Waals surface area (Å²) in [5.41, 5.74) is 0. The third-order valence-corrected chi connectivity index (χ3v) is 4.23. The Labute approximate surface area is 109 Å². The van der Waals surface area contributed by atoms with Crippen molar-refractivity contribution in [3.05, 3.63) is 11.7 Å². The highest BCUT2D eigenvalue weighted by Crippen LogP contribution is 2.21. The van der Waals surface area contributed by atoms with Crippen molar-refractivity contribution in [2.75, 3.05) is 31.1 Å². The summed E-state index contributed by atoms with van der Waals surface area (Å²) in [4.78, 5) is 18.2. The number of nitrogens with one attached hydrogen (secondary N) is 1. The van der Waals surface area contributed by atoms with Gasteiger partial charge in [0, 0.05) is 24.6 Å². The predicted molar refractivity (Wildman–Crippen MR) is 67.5 cm³/mol. The first-order chi connectivity index (χ1) is 8.84. The van der Waals surface area contributed by atoms with Gasteiger partial charge in [-0.3, -0.25) is 4.79 Å². The van der Waals surface area contributed by atoms with Gasteiger partial charge in [0.1, 0.15) is 0 Å². The van der Waals surface area contributed by atoms with Gasteiger partial charge in [-0.15, -0.1) is 0 Å². The van der Waals surface area contributed by atoms with Crippen LogP contribution in [0.2, 0.25) is 0 Å². The predicted octanol–water partition coefficient (Wildman–Crippen LogP) is 0.683. The van der Waals surface area contributed by atoms with Crippen LogP contribution in [0.15, 0.2) is 4.52 Å². The number of carbonyl (C=O) groups excluding carboxylic acids is 1. The van der Waals surface area contributed by atoms with Crippen molar-refractivity contribution in [2.24, 2.45) is 0 Å². The molecule has 2 saturated heterocycles. The summed E-state index contributed by atoms with van der Waals surface area (Å²) < 4.78 is 5.18. The zero-order chi connectivity index (χ0) is 12.4. The number of thioether (sulfide) groups is 1. The Bertz CT molecular complexity index is 424. The van der Waals surface area contributed by atoms with E-state index in [9.17, 15) is 4.79 Å². The maximum absolute atomic E-state index is 12.1. The molecule has 0 aromatic carbocycles. The monoisotopic (exact) mass is 268 g/mol. The molecule has 1 N–H and O–H groups in total. The highest BCUT2D eigenvalue weighted by molar-refractivity contribution is 7.99. The molecule has 0 saturated carbocycles. The van der Waals surface area contributed by atoms with E-state index in [4.69, 9.17) is 4.52 Å². The number of rotatable bonds is 2. The van der Waals surface area contributed by atoms with Crippen LogP contribution < -0.4 is 5.32 Å². The number of nitrogens with zero attached hydrogens (tertiary/aromatic N) is 3. The summed E-state index contributed by atoms with van der Waals surface area (Å²) in [7, 11) is 0. The van der Waals surface area contributed by atoms with Crippen molar-refractivity contribution in [2.45, 2.75) is 18.9 Å². The first kappa shape index (κ1) is 12.0. The molecule has 7 heteroatoms. The molecule has 2 fully saturated rings. The van der Waals surface area contributed by atoms with Gasteiger partial charge in [-0.1, -0.05) is 5.16 Å². The van der Waals surface area contributed by atoms with Gasteiger partial charge in [-0.05, 0) is 19.4 Å². The lowest BCUT2D eigenvalue weighted by molar-refractivity contribution is 0.0757. The van der Waals surface area contributed by atoms with Gasteiger partial charge >= 0.3 is 0 Å². The molecule has 1 aromatic rings. The Morgan fingerprint density at radius 2 is 2.28 bits per heavy atom. The Balaban J connectivity index is 1.69. The normalized spacial score (nSPS) is 24.4. The molecule has 2 aliphatic rings. The number of aromatic nitrogens is 2. The van der Waals surface area contributed by atoms with Crippen molar-refractivity contribution in [1.82, 2.24) is 20.4 Å². The summed E-state index contributed by atoms with van der Waals surface area (Å²) in [6, 6.07) is 0.121. The zero-order valence-corrected chi connectivity index (χ0v) is 10.9. The molecule has 2 aliphatic heterocycles. The van der Waals surface area contributed by atoms with Gasteiger partial charge in [-0.2, -0.15) is 16.7 Å². The van der Waals surface area contributed by atoms with Crippen molar-refractivity contribution in [1.29, 1.82) is 0 Å². The van der Waals surface area contributed by atoms with Crippen LogP contribution in [0.5, 0.6) is 0 Å². The highest BCUT2D eigenvalue weighted by atomic mass is 32.2. The van der Waals surface area contributed by atoms with Gasteiger partial charge in [0.25, 0.3) is 11.7 Å². The maximum atomic E-state index is 12.1. The lowest BCUT2D eigenvalue weighted by atomic mass is 10.2. The molecule has 3 heterocycles. The molecule has 1 atom stereocenters. The molecule has 0 aliphatic carbocycles. The average Bonchev–Trinajstić information content (AvgIpc) is 3.09. The van der Waals surface area contributed by atoms with Crippen LogP contribution in [0.4, 0.5) is 0 Å². The summed E-state index contributed by atoms with van der Waals surface area (Å²) in [5, 5.41) is 7.09. The SMILES string of the molecule is O=C(c1noc(C2CCCN2)n1)N1CCSCC1. The fraction of sp³-hybridized carbons (Fsp3) is 0.727. The summed E-state index contributed by atoms with van der Waals surface area (Å²) in [6.07, 6.45) is 2.11. The molecular formula is C11H16N4O2S. The molecule has 1 amide bonds. The van der Waals surface area contributed by atoms with E-state index in [1.54, 1.807) is 4.90 Å². The molecule has 0 bridgehead atoms. The van der Waals surface area contributed by atoms with E-state index < -0.39 is 0 Å². The largest absolute Gasteiger partial charge is 0.337 e. The molecule has 98 valence electrons. The Morgan fingerprint density at radius 3 is 3.00 bits per heavy atom. The van der Waals surface area contributed by atoms with Gasteiger partial charge < -0.3 is 14.7 Å². The fourth-order valence-corrected chi connectivity index (χ4v) is 3.17. The molecule has 6 nitrogen and oxygen atoms in total. The Morgan fingerprint density at radius 1 is 1.44 bits per heavy atom. The smallest absolute Gasteiger partial charge is 0.295 e. The van der Waals surface area contributed by atoms with Crippen LogP contribution in [0.25, 0.3) is 0 Å². The Hall–Kier alpha value is -1.08. The van der Waals surface area contributed by atoms with Crippen LogP contribution in [0.1, 0.15) is 35.4 Å². The molecule has 0 spiro atoms. The second-order valence-corrected chi connectivity index (χ2v) is 5.73. The van der Waals surface area contributed by atoms with Crippen molar-refractivity contribution in [3.63, 3.8) is 0 Å². The second-order valence-electron chi connectivity index (χ2n) is 4.51. The third-order valence-electron chi connectivity index (χ3n) is 3.29. The fourth-order valence-electron chi connectivity index (χ4n) is 2.27. The van der Waals surface area contributed by atoms with Crippen molar-refractivity contribution < 1.29 is 9.32 Å². The number of hydrogen-bond donors (Lipinski definition) is 1. The average molecular weight is 268 g/mol. The Kier molecular flexibility index (Phi) is 3.51. The van der Waals surface area contributed by atoms with E-state index >= 15 is 0 Å². The lowest BCUT2D eigenvalue weighted by Crippen LogP contribution is -2.38. The van der Waals surface area contributed by atoms with E-state index in [0.717, 1.165) is 44.0 Å². The summed E-state index contributed by atoms with van der Waals surface area (Å²) in [5.74, 6) is 2.61. The second kappa shape index (κ2) is 5.27. The minimum absolute atomic E-state index is 0.108. The number of amides is 1. The molecule has 1 unspecified atom stereocenters. The molecule has 18 heavy (non-hydrogen) atoms. The topological polar surface area (TPSA) is 71.3 Å². The van der Waals surface area contributed by atoms with Crippen LogP contribution >= 0.6 is 11.8 Å². The molecular weight excluding hydrogens is 252 g/mol. The zero-order valence-electron chi connectivity index (χ0n) is 10.1. The van der Waals surface area contributed by atoms with Gasteiger partial charge in [0.2, 0.25) is 5.89 Å². The summed E-state index contributed by atoms with van der Waals surface area (Å²) >= 11 is 1.87. The van der Waals surface area contributed by atoms with Gasteiger partial charge in [0.15, 0.2) is 0 Å². The van der Waals surface area contributed by atoms with E-state index in [1.165, 1.54) is 0 Å². The minimum Gasteiger partial charge on any atom is -0.337 e. The van der Waals surface area contributed by atoms with Crippen LogP contribution in [0.3, 0.4) is 0 Å². The van der Waals surface area contributed by atoms with Crippen LogP contribution in [-0.4, -0.2) is 52.1 Å². The maximum Gasteiger partial charge on any atom is 0.295 e. The van der Waals surface area contributed by atoms with E-state index in [2.05, 4.69) is 15.5 Å². The summed E-state index contributed by atoms with van der Waals surface area (Å²) in [6.45, 7) is 2.52. The van der Waals surface area contributed by atoms with Crippen LogP contribution in [0, 0.1) is 0 Å².